The number of benzene rings is 1. The first-order valence-corrected chi connectivity index (χ1v) is 10.4. The Morgan fingerprint density at radius 1 is 0.833 bits per heavy atom. The van der Waals surface area contributed by atoms with Crippen molar-refractivity contribution < 1.29 is 13.2 Å². The highest BCUT2D eigenvalue weighted by atomic mass is 19.4. The average Bonchev–Trinajstić information content (AvgIpc) is 3.45. The van der Waals surface area contributed by atoms with Gasteiger partial charge in [0.2, 0.25) is 0 Å². The number of alkyl halides is 3. The van der Waals surface area contributed by atoms with Gasteiger partial charge in [0, 0.05) is 32.4 Å². The molecule has 30 heavy (non-hydrogen) atoms. The Labute approximate surface area is 172 Å². The van der Waals surface area contributed by atoms with Crippen LogP contribution in [0.2, 0.25) is 0 Å². The number of fused-ring (bicyclic) bond motifs is 1. The minimum atomic E-state index is -4.42. The van der Waals surface area contributed by atoms with E-state index >= 15 is 0 Å². The lowest BCUT2D eigenvalue weighted by atomic mass is 10.1. The molecular formula is C21H23F3N6. The molecule has 0 N–H and O–H groups in total. The Kier molecular flexibility index (Phi) is 4.75. The van der Waals surface area contributed by atoms with Gasteiger partial charge in [-0.25, -0.2) is 9.97 Å². The molecular weight excluding hydrogens is 393 g/mol. The predicted molar refractivity (Wildman–Crippen MR) is 109 cm³/mol. The molecule has 0 bridgehead atoms. The second-order valence-electron chi connectivity index (χ2n) is 7.97. The van der Waals surface area contributed by atoms with Crippen molar-refractivity contribution >= 4 is 22.7 Å². The van der Waals surface area contributed by atoms with E-state index in [4.69, 9.17) is 9.97 Å². The molecule has 4 heterocycles. The fourth-order valence-electron chi connectivity index (χ4n) is 4.39. The summed E-state index contributed by atoms with van der Waals surface area (Å²) in [7, 11) is 0. The Balaban J connectivity index is 1.48. The van der Waals surface area contributed by atoms with Crippen molar-refractivity contribution in [2.45, 2.75) is 37.9 Å². The van der Waals surface area contributed by atoms with Crippen LogP contribution in [0.15, 0.2) is 36.5 Å². The van der Waals surface area contributed by atoms with Gasteiger partial charge >= 0.3 is 6.18 Å². The van der Waals surface area contributed by atoms with E-state index in [0.29, 0.717) is 6.54 Å². The summed E-state index contributed by atoms with van der Waals surface area (Å²) in [6, 6.07) is 8.73. The molecule has 0 aliphatic carbocycles. The third kappa shape index (κ3) is 3.57. The zero-order chi connectivity index (χ0) is 20.7. The number of anilines is 2. The van der Waals surface area contributed by atoms with Crippen LogP contribution in [0.25, 0.3) is 11.0 Å². The van der Waals surface area contributed by atoms with Gasteiger partial charge in [-0.05, 0) is 43.9 Å². The van der Waals surface area contributed by atoms with Crippen LogP contribution in [0.1, 0.15) is 37.4 Å². The molecule has 2 aliphatic heterocycles. The minimum Gasteiger partial charge on any atom is -0.354 e. The monoisotopic (exact) mass is 416 g/mol. The molecule has 1 atom stereocenters. The maximum Gasteiger partial charge on any atom is 0.435 e. The van der Waals surface area contributed by atoms with Gasteiger partial charge in [0.1, 0.15) is 0 Å². The highest BCUT2D eigenvalue weighted by Crippen LogP contribution is 2.34. The van der Waals surface area contributed by atoms with Crippen molar-refractivity contribution in [1.29, 1.82) is 0 Å². The summed E-state index contributed by atoms with van der Waals surface area (Å²) in [6.45, 7) is 3.27. The Bertz CT molecular complexity index is 1040. The van der Waals surface area contributed by atoms with Crippen molar-refractivity contribution in [2.24, 2.45) is 0 Å². The van der Waals surface area contributed by atoms with Crippen molar-refractivity contribution in [2.75, 3.05) is 36.0 Å². The van der Waals surface area contributed by atoms with Crippen LogP contribution in [0.5, 0.6) is 0 Å². The Morgan fingerprint density at radius 3 is 2.10 bits per heavy atom. The van der Waals surface area contributed by atoms with Gasteiger partial charge in [-0.3, -0.25) is 4.68 Å². The second-order valence-corrected chi connectivity index (χ2v) is 7.97. The Morgan fingerprint density at radius 2 is 1.47 bits per heavy atom. The maximum absolute atomic E-state index is 13.0. The lowest BCUT2D eigenvalue weighted by Crippen LogP contribution is -2.38. The molecule has 3 aromatic rings. The summed E-state index contributed by atoms with van der Waals surface area (Å²) in [4.78, 5) is 14.3. The quantitative estimate of drug-likeness (QED) is 0.638. The standard InChI is InChI=1S/C21H23F3N6/c22-21(23,24)18-9-13-30(27-18)15-6-5-12-29(14-15)20-19(28-10-3-4-11-28)25-16-7-1-2-8-17(16)26-20/h1-2,7-9,13,15H,3-6,10-12,14H2. The molecule has 158 valence electrons. The number of nitrogens with zero attached hydrogens (tertiary/aromatic N) is 6. The molecule has 2 saturated heterocycles. The molecule has 9 heteroatoms. The van der Waals surface area contributed by atoms with E-state index in [2.05, 4.69) is 14.9 Å². The van der Waals surface area contributed by atoms with Crippen LogP contribution in [0.4, 0.5) is 24.8 Å². The van der Waals surface area contributed by atoms with E-state index in [1.54, 1.807) is 0 Å². The second kappa shape index (κ2) is 7.45. The van der Waals surface area contributed by atoms with E-state index in [9.17, 15) is 13.2 Å². The molecule has 0 radical (unpaired) electrons. The molecule has 2 aromatic heterocycles. The topological polar surface area (TPSA) is 50.1 Å². The number of rotatable bonds is 3. The van der Waals surface area contributed by atoms with Gasteiger partial charge in [0.05, 0.1) is 17.1 Å². The average molecular weight is 416 g/mol. The molecule has 0 amide bonds. The van der Waals surface area contributed by atoms with E-state index in [1.165, 1.54) is 10.9 Å². The SMILES string of the molecule is FC(F)(F)c1ccn(C2CCCN(c3nc4ccccc4nc3N3CCCC3)C2)n1. The van der Waals surface area contributed by atoms with E-state index in [-0.39, 0.29) is 6.04 Å². The zero-order valence-corrected chi connectivity index (χ0v) is 16.5. The number of para-hydroxylation sites is 2. The fourth-order valence-corrected chi connectivity index (χ4v) is 4.39. The van der Waals surface area contributed by atoms with Crippen molar-refractivity contribution in [1.82, 2.24) is 19.7 Å². The minimum absolute atomic E-state index is 0.130. The number of aromatic nitrogens is 4. The summed E-state index contributed by atoms with van der Waals surface area (Å²) < 4.78 is 40.4. The van der Waals surface area contributed by atoms with Gasteiger partial charge in [0.15, 0.2) is 17.3 Å². The Hall–Kier alpha value is -2.84. The van der Waals surface area contributed by atoms with Gasteiger partial charge < -0.3 is 9.80 Å². The molecule has 2 fully saturated rings. The van der Waals surface area contributed by atoms with E-state index < -0.39 is 11.9 Å². The predicted octanol–water partition coefficient (Wildman–Crippen LogP) is 4.29. The van der Waals surface area contributed by atoms with Crippen LogP contribution in [-0.2, 0) is 6.18 Å². The van der Waals surface area contributed by atoms with E-state index in [1.807, 2.05) is 24.3 Å². The van der Waals surface area contributed by atoms with Crippen LogP contribution >= 0.6 is 0 Å². The number of piperidine rings is 1. The molecule has 1 unspecified atom stereocenters. The first-order chi connectivity index (χ1) is 14.5. The number of hydrogen-bond acceptors (Lipinski definition) is 5. The van der Waals surface area contributed by atoms with Crippen LogP contribution in [0, 0.1) is 0 Å². The number of hydrogen-bond donors (Lipinski definition) is 0. The van der Waals surface area contributed by atoms with Crippen molar-refractivity contribution in [3.63, 3.8) is 0 Å². The van der Waals surface area contributed by atoms with Crippen LogP contribution in [-0.4, -0.2) is 45.9 Å². The summed E-state index contributed by atoms with van der Waals surface area (Å²) in [6.07, 6.45) is 0.917. The molecule has 5 rings (SSSR count). The third-order valence-corrected chi connectivity index (χ3v) is 5.91. The maximum atomic E-state index is 13.0. The molecule has 1 aromatic carbocycles. The largest absolute Gasteiger partial charge is 0.435 e. The highest BCUT2D eigenvalue weighted by molar-refractivity contribution is 5.81. The number of halogens is 3. The van der Waals surface area contributed by atoms with Gasteiger partial charge in [-0.15, -0.1) is 0 Å². The lowest BCUT2D eigenvalue weighted by molar-refractivity contribution is -0.141. The van der Waals surface area contributed by atoms with Gasteiger partial charge in [-0.1, -0.05) is 12.1 Å². The van der Waals surface area contributed by atoms with Crippen LogP contribution < -0.4 is 9.80 Å². The van der Waals surface area contributed by atoms with Crippen LogP contribution in [0.3, 0.4) is 0 Å². The summed E-state index contributed by atoms with van der Waals surface area (Å²) in [5, 5.41) is 3.80. The van der Waals surface area contributed by atoms with Crippen molar-refractivity contribution in [3.05, 3.63) is 42.2 Å². The molecule has 0 saturated carbocycles. The lowest BCUT2D eigenvalue weighted by Gasteiger charge is -2.35. The zero-order valence-electron chi connectivity index (χ0n) is 16.5. The van der Waals surface area contributed by atoms with Crippen molar-refractivity contribution in [3.8, 4) is 0 Å². The van der Waals surface area contributed by atoms with Gasteiger partial charge in [0.25, 0.3) is 0 Å². The smallest absolute Gasteiger partial charge is 0.354 e. The first-order valence-electron chi connectivity index (χ1n) is 10.4. The third-order valence-electron chi connectivity index (χ3n) is 5.91. The summed E-state index contributed by atoms with van der Waals surface area (Å²) >= 11 is 0. The first kappa shape index (κ1) is 19.1. The summed E-state index contributed by atoms with van der Waals surface area (Å²) in [5.74, 6) is 1.70. The normalized spacial score (nSPS) is 20.3. The summed E-state index contributed by atoms with van der Waals surface area (Å²) in [5.41, 5.74) is 0.845. The van der Waals surface area contributed by atoms with Gasteiger partial charge in [-0.2, -0.15) is 18.3 Å². The highest BCUT2D eigenvalue weighted by Gasteiger charge is 2.35. The molecule has 0 spiro atoms. The molecule has 6 nitrogen and oxygen atoms in total. The van der Waals surface area contributed by atoms with E-state index in [0.717, 1.165) is 74.1 Å². The molecule has 2 aliphatic rings. The fraction of sp³-hybridized carbons (Fsp3) is 0.476.